The molecule has 6 heteroatoms. The highest BCUT2D eigenvalue weighted by Crippen LogP contribution is 2.29. The van der Waals surface area contributed by atoms with E-state index in [4.69, 9.17) is 0 Å². The second kappa shape index (κ2) is 8.59. The van der Waals surface area contributed by atoms with Crippen LogP contribution in [0.1, 0.15) is 30.0 Å². The van der Waals surface area contributed by atoms with Gasteiger partial charge in [-0.25, -0.2) is 4.98 Å². The normalized spacial score (nSPS) is 11.4. The molecular weight excluding hydrogens is 370 g/mol. The van der Waals surface area contributed by atoms with Gasteiger partial charge in [-0.1, -0.05) is 50.2 Å². The molecule has 0 bridgehead atoms. The monoisotopic (exact) mass is 389 g/mol. The lowest BCUT2D eigenvalue weighted by molar-refractivity contribution is -0.385. The van der Waals surface area contributed by atoms with Gasteiger partial charge in [0.1, 0.15) is 11.1 Å². The molecule has 0 N–H and O–H groups in total. The largest absolute Gasteiger partial charge is 0.276 e. The second-order valence-electron chi connectivity index (χ2n) is 6.82. The van der Waals surface area contributed by atoms with Gasteiger partial charge in [-0.2, -0.15) is 5.26 Å². The highest BCUT2D eigenvalue weighted by molar-refractivity contribution is 7.11. The summed E-state index contributed by atoms with van der Waals surface area (Å²) in [6.45, 7) is 4.38. The summed E-state index contributed by atoms with van der Waals surface area (Å²) in [6, 6.07) is 16.7. The van der Waals surface area contributed by atoms with Crippen LogP contribution in [0.4, 0.5) is 5.69 Å². The molecule has 3 aromatic rings. The van der Waals surface area contributed by atoms with Gasteiger partial charge in [0.05, 0.1) is 21.8 Å². The Balaban J connectivity index is 1.90. The lowest BCUT2D eigenvalue weighted by Gasteiger charge is -2.05. The molecule has 5 nitrogen and oxygen atoms in total. The molecule has 0 saturated carbocycles. The minimum atomic E-state index is -0.452. The number of rotatable bonds is 6. The van der Waals surface area contributed by atoms with Crippen molar-refractivity contribution in [3.63, 3.8) is 0 Å². The zero-order chi connectivity index (χ0) is 20.1. The highest BCUT2D eigenvalue weighted by Gasteiger charge is 2.14. The molecule has 3 rings (SSSR count). The summed E-state index contributed by atoms with van der Waals surface area (Å²) in [5.74, 6) is 0.599. The molecule has 0 amide bonds. The van der Waals surface area contributed by atoms with Gasteiger partial charge < -0.3 is 0 Å². The Bertz CT molecular complexity index is 1060. The van der Waals surface area contributed by atoms with E-state index in [1.807, 2.05) is 17.5 Å². The van der Waals surface area contributed by atoms with Crippen LogP contribution in [-0.4, -0.2) is 9.91 Å². The molecule has 28 heavy (non-hydrogen) atoms. The first-order valence-electron chi connectivity index (χ1n) is 8.88. The van der Waals surface area contributed by atoms with E-state index in [9.17, 15) is 15.4 Å². The Kier molecular flexibility index (Phi) is 5.97. The first kappa shape index (κ1) is 19.5. The molecule has 0 aliphatic rings. The number of hydrogen-bond donors (Lipinski definition) is 0. The summed E-state index contributed by atoms with van der Waals surface area (Å²) >= 11 is 1.35. The number of nitro groups is 1. The number of hydrogen-bond acceptors (Lipinski definition) is 5. The minimum Gasteiger partial charge on any atom is -0.258 e. The van der Waals surface area contributed by atoms with E-state index in [0.717, 1.165) is 17.7 Å². The molecule has 1 aromatic heterocycles. The Morgan fingerprint density at radius 3 is 2.61 bits per heavy atom. The van der Waals surface area contributed by atoms with E-state index in [0.29, 0.717) is 22.1 Å². The number of aromatic nitrogens is 1. The quantitative estimate of drug-likeness (QED) is 0.295. The number of nitriles is 1. The molecule has 2 aromatic carbocycles. The van der Waals surface area contributed by atoms with E-state index < -0.39 is 4.92 Å². The van der Waals surface area contributed by atoms with Gasteiger partial charge in [-0.05, 0) is 30.0 Å². The molecule has 0 atom stereocenters. The average Bonchev–Trinajstić information content (AvgIpc) is 3.16. The summed E-state index contributed by atoms with van der Waals surface area (Å²) in [4.78, 5) is 15.3. The number of para-hydroxylation sites is 1. The van der Waals surface area contributed by atoms with Crippen LogP contribution in [-0.2, 0) is 6.42 Å². The molecule has 140 valence electrons. The van der Waals surface area contributed by atoms with Crippen LogP contribution < -0.4 is 0 Å². The maximum absolute atomic E-state index is 11.2. The Morgan fingerprint density at radius 2 is 1.96 bits per heavy atom. The number of nitro benzene ring substituents is 1. The van der Waals surface area contributed by atoms with Gasteiger partial charge in [0.2, 0.25) is 0 Å². The minimum absolute atomic E-state index is 0.0345. The number of allylic oxidation sites excluding steroid dienone is 1. The summed E-state index contributed by atoms with van der Waals surface area (Å²) < 4.78 is 0. The third-order valence-electron chi connectivity index (χ3n) is 4.18. The first-order chi connectivity index (χ1) is 13.5. The average molecular weight is 389 g/mol. The van der Waals surface area contributed by atoms with Crippen LogP contribution >= 0.6 is 11.3 Å². The van der Waals surface area contributed by atoms with Crippen molar-refractivity contribution in [2.45, 2.75) is 20.3 Å². The van der Waals surface area contributed by atoms with Gasteiger partial charge in [0, 0.05) is 17.0 Å². The topological polar surface area (TPSA) is 79.8 Å². The predicted octanol–water partition coefficient (Wildman–Crippen LogP) is 5.98. The van der Waals surface area contributed by atoms with Crippen molar-refractivity contribution >= 4 is 28.7 Å². The zero-order valence-electron chi connectivity index (χ0n) is 15.6. The molecule has 0 aliphatic carbocycles. The van der Waals surface area contributed by atoms with Crippen LogP contribution in [0, 0.1) is 27.4 Å². The molecular formula is C22H19N3O2S. The van der Waals surface area contributed by atoms with Crippen molar-refractivity contribution in [3.8, 4) is 17.3 Å². The van der Waals surface area contributed by atoms with Crippen molar-refractivity contribution in [1.82, 2.24) is 4.98 Å². The summed E-state index contributed by atoms with van der Waals surface area (Å²) in [5, 5.41) is 23.2. The Hall–Kier alpha value is -3.30. The fourth-order valence-corrected chi connectivity index (χ4v) is 3.68. The smallest absolute Gasteiger partial charge is 0.258 e. The fraction of sp³-hybridized carbons (Fsp3) is 0.182. The van der Waals surface area contributed by atoms with Crippen molar-refractivity contribution in [1.29, 1.82) is 5.26 Å². The van der Waals surface area contributed by atoms with Crippen molar-refractivity contribution in [3.05, 3.63) is 80.2 Å². The number of nitrogens with zero attached hydrogens (tertiary/aromatic N) is 3. The standard InChI is InChI=1S/C22H19N3O2S/c1-15(2)11-16-7-9-17(10-8-16)20-14-28-22(24-20)19(13-23)12-18-5-3-4-6-21(18)25(26)27/h3-10,12,14-15H,11H2,1-2H3/b19-12+. The van der Waals surface area contributed by atoms with Gasteiger partial charge in [-0.15, -0.1) is 11.3 Å². The summed E-state index contributed by atoms with van der Waals surface area (Å²) in [5.41, 5.74) is 3.72. The number of benzene rings is 2. The molecule has 0 aliphatic heterocycles. The van der Waals surface area contributed by atoms with Gasteiger partial charge >= 0.3 is 0 Å². The van der Waals surface area contributed by atoms with E-state index in [1.165, 1.54) is 29.0 Å². The van der Waals surface area contributed by atoms with Crippen molar-refractivity contribution in [2.75, 3.05) is 0 Å². The molecule has 0 spiro atoms. The Labute approximate surface area is 167 Å². The van der Waals surface area contributed by atoms with Crippen molar-refractivity contribution < 1.29 is 4.92 Å². The molecule has 0 radical (unpaired) electrons. The van der Waals surface area contributed by atoms with Gasteiger partial charge in [0.15, 0.2) is 0 Å². The third kappa shape index (κ3) is 4.51. The molecule has 0 unspecified atom stereocenters. The second-order valence-corrected chi connectivity index (χ2v) is 7.68. The van der Waals surface area contributed by atoms with E-state index in [2.05, 4.69) is 37.0 Å². The van der Waals surface area contributed by atoms with Crippen LogP contribution in [0.5, 0.6) is 0 Å². The first-order valence-corrected chi connectivity index (χ1v) is 9.76. The molecule has 0 saturated heterocycles. The van der Waals surface area contributed by atoms with Crippen molar-refractivity contribution in [2.24, 2.45) is 5.92 Å². The Morgan fingerprint density at radius 1 is 1.25 bits per heavy atom. The maximum Gasteiger partial charge on any atom is 0.276 e. The fourth-order valence-electron chi connectivity index (χ4n) is 2.89. The van der Waals surface area contributed by atoms with Crippen LogP contribution in [0.25, 0.3) is 22.9 Å². The maximum atomic E-state index is 11.2. The lowest BCUT2D eigenvalue weighted by Crippen LogP contribution is -1.93. The van der Waals surface area contributed by atoms with E-state index >= 15 is 0 Å². The van der Waals surface area contributed by atoms with E-state index in [-0.39, 0.29) is 5.69 Å². The van der Waals surface area contributed by atoms with Crippen LogP contribution in [0.15, 0.2) is 53.9 Å². The van der Waals surface area contributed by atoms with Crippen LogP contribution in [0.3, 0.4) is 0 Å². The molecule has 1 heterocycles. The van der Waals surface area contributed by atoms with E-state index in [1.54, 1.807) is 18.2 Å². The summed E-state index contributed by atoms with van der Waals surface area (Å²) in [7, 11) is 0. The van der Waals surface area contributed by atoms with Gasteiger partial charge in [0.25, 0.3) is 5.69 Å². The third-order valence-corrected chi connectivity index (χ3v) is 5.06. The highest BCUT2D eigenvalue weighted by atomic mass is 32.1. The lowest BCUT2D eigenvalue weighted by atomic mass is 10.0. The SMILES string of the molecule is CC(C)Cc1ccc(-c2csc(/C(C#N)=C/c3ccccc3[N+](=O)[O-])n2)cc1. The van der Waals surface area contributed by atoms with Crippen LogP contribution in [0.2, 0.25) is 0 Å². The predicted molar refractivity (Wildman–Crippen MR) is 113 cm³/mol. The van der Waals surface area contributed by atoms with Gasteiger partial charge in [-0.3, -0.25) is 10.1 Å². The zero-order valence-corrected chi connectivity index (χ0v) is 16.4. The number of thiazole rings is 1. The summed E-state index contributed by atoms with van der Waals surface area (Å²) in [6.07, 6.45) is 2.55. The molecule has 0 fully saturated rings.